The van der Waals surface area contributed by atoms with E-state index >= 15 is 0 Å². The van der Waals surface area contributed by atoms with Crippen LogP contribution in [-0.2, 0) is 9.53 Å². The largest absolute Gasteiger partial charge is 0.481 e. The van der Waals surface area contributed by atoms with Crippen LogP contribution < -0.4 is 5.32 Å². The Bertz CT molecular complexity index is 331. The number of carbonyl (C=O) groups is 2. The summed E-state index contributed by atoms with van der Waals surface area (Å²) in [5.74, 6) is -1.27. The van der Waals surface area contributed by atoms with Crippen molar-refractivity contribution < 1.29 is 19.4 Å². The number of rotatable bonds is 5. The summed E-state index contributed by atoms with van der Waals surface area (Å²) in [6.45, 7) is 7.63. The van der Waals surface area contributed by atoms with Crippen molar-refractivity contribution in [1.29, 1.82) is 0 Å². The Kier molecular flexibility index (Phi) is 5.60. The van der Waals surface area contributed by atoms with Crippen molar-refractivity contribution in [3.8, 4) is 0 Å². The first-order chi connectivity index (χ1) is 8.85. The lowest BCUT2D eigenvalue weighted by atomic mass is 9.99. The predicted octanol–water partition coefficient (Wildman–Crippen LogP) is 1.31. The molecule has 0 bridgehead atoms. The highest BCUT2D eigenvalue weighted by Gasteiger charge is 2.29. The van der Waals surface area contributed by atoms with Crippen molar-refractivity contribution in [2.24, 2.45) is 5.92 Å². The van der Waals surface area contributed by atoms with E-state index in [0.717, 1.165) is 6.42 Å². The number of carbonyl (C=O) groups excluding carboxylic acids is 1. The van der Waals surface area contributed by atoms with Gasteiger partial charge in [-0.3, -0.25) is 4.79 Å². The molecule has 1 heterocycles. The zero-order valence-corrected chi connectivity index (χ0v) is 11.9. The van der Waals surface area contributed by atoms with Gasteiger partial charge in [0.1, 0.15) is 0 Å². The number of hydrogen-bond acceptors (Lipinski definition) is 3. The van der Waals surface area contributed by atoms with Gasteiger partial charge in [0.15, 0.2) is 0 Å². The Hall–Kier alpha value is -1.30. The molecule has 1 unspecified atom stereocenters. The first-order valence-corrected chi connectivity index (χ1v) is 6.75. The fourth-order valence-corrected chi connectivity index (χ4v) is 2.21. The number of urea groups is 1. The molecule has 110 valence electrons. The molecular formula is C13H24N2O4. The predicted molar refractivity (Wildman–Crippen MR) is 71.0 cm³/mol. The Morgan fingerprint density at radius 3 is 2.74 bits per heavy atom. The van der Waals surface area contributed by atoms with E-state index in [4.69, 9.17) is 9.84 Å². The summed E-state index contributed by atoms with van der Waals surface area (Å²) in [6.07, 6.45) is 1.38. The number of piperidine rings is 1. The number of ether oxygens (including phenoxy) is 1. The number of likely N-dealkylation sites (tertiary alicyclic amines) is 1. The zero-order chi connectivity index (χ0) is 14.5. The molecule has 2 amide bonds. The van der Waals surface area contributed by atoms with Crippen LogP contribution in [-0.4, -0.2) is 53.8 Å². The second-order valence-corrected chi connectivity index (χ2v) is 5.47. The molecule has 0 aliphatic carbocycles. The molecule has 2 N–H and O–H groups in total. The number of aliphatic carboxylic acids is 1. The van der Waals surface area contributed by atoms with E-state index < -0.39 is 17.5 Å². The van der Waals surface area contributed by atoms with Gasteiger partial charge in [0.2, 0.25) is 0 Å². The Morgan fingerprint density at radius 2 is 2.16 bits per heavy atom. The summed E-state index contributed by atoms with van der Waals surface area (Å²) in [7, 11) is 0. The van der Waals surface area contributed by atoms with E-state index in [2.05, 4.69) is 5.32 Å². The second kappa shape index (κ2) is 6.75. The molecule has 0 aromatic heterocycles. The Morgan fingerprint density at radius 1 is 1.47 bits per heavy atom. The maximum absolute atomic E-state index is 12.0. The molecule has 1 aliphatic rings. The van der Waals surface area contributed by atoms with Crippen LogP contribution in [0.25, 0.3) is 0 Å². The maximum atomic E-state index is 12.0. The van der Waals surface area contributed by atoms with Crippen molar-refractivity contribution in [3.63, 3.8) is 0 Å². The van der Waals surface area contributed by atoms with E-state index in [1.165, 1.54) is 0 Å². The summed E-state index contributed by atoms with van der Waals surface area (Å²) >= 11 is 0. The Labute approximate surface area is 114 Å². The molecule has 0 saturated carbocycles. The molecule has 0 aromatic rings. The van der Waals surface area contributed by atoms with Gasteiger partial charge in [-0.05, 0) is 33.6 Å². The van der Waals surface area contributed by atoms with Gasteiger partial charge in [-0.2, -0.15) is 0 Å². The standard InChI is InChI=1S/C13H24N2O4/c1-4-19-13(2,3)9-14-12(18)15-7-5-6-10(8-15)11(16)17/h10H,4-9H2,1-3H3,(H,14,18)(H,16,17). The minimum atomic E-state index is -0.827. The van der Waals surface area contributed by atoms with Crippen molar-refractivity contribution in [2.75, 3.05) is 26.2 Å². The van der Waals surface area contributed by atoms with E-state index in [-0.39, 0.29) is 12.6 Å². The maximum Gasteiger partial charge on any atom is 0.317 e. The van der Waals surface area contributed by atoms with Crippen molar-refractivity contribution in [2.45, 2.75) is 39.2 Å². The molecule has 1 rings (SSSR count). The first-order valence-electron chi connectivity index (χ1n) is 6.75. The molecule has 1 aliphatic heterocycles. The normalized spacial score (nSPS) is 20.2. The SMILES string of the molecule is CCOC(C)(C)CNC(=O)N1CCCC(C(=O)O)C1. The van der Waals surface area contributed by atoms with Crippen LogP contribution in [0.3, 0.4) is 0 Å². The minimum Gasteiger partial charge on any atom is -0.481 e. The van der Waals surface area contributed by atoms with Gasteiger partial charge < -0.3 is 20.1 Å². The van der Waals surface area contributed by atoms with E-state index in [9.17, 15) is 9.59 Å². The fraction of sp³-hybridized carbons (Fsp3) is 0.846. The van der Waals surface area contributed by atoms with Crippen molar-refractivity contribution >= 4 is 12.0 Å². The third kappa shape index (κ3) is 5.06. The second-order valence-electron chi connectivity index (χ2n) is 5.47. The van der Waals surface area contributed by atoms with E-state index in [1.54, 1.807) is 4.90 Å². The summed E-state index contributed by atoms with van der Waals surface area (Å²) in [6, 6.07) is -0.210. The molecule has 6 nitrogen and oxygen atoms in total. The molecule has 1 fully saturated rings. The molecule has 1 atom stereocenters. The average Bonchev–Trinajstić information content (AvgIpc) is 2.36. The van der Waals surface area contributed by atoms with Crippen LogP contribution >= 0.6 is 0 Å². The van der Waals surface area contributed by atoms with Crippen LogP contribution in [0.1, 0.15) is 33.6 Å². The van der Waals surface area contributed by atoms with Gasteiger partial charge in [-0.15, -0.1) is 0 Å². The van der Waals surface area contributed by atoms with Gasteiger partial charge >= 0.3 is 12.0 Å². The number of nitrogens with one attached hydrogen (secondary N) is 1. The quantitative estimate of drug-likeness (QED) is 0.791. The van der Waals surface area contributed by atoms with E-state index in [0.29, 0.717) is 26.1 Å². The van der Waals surface area contributed by atoms with E-state index in [1.807, 2.05) is 20.8 Å². The molecule has 19 heavy (non-hydrogen) atoms. The van der Waals surface area contributed by atoms with Gasteiger partial charge in [0, 0.05) is 26.2 Å². The summed E-state index contributed by atoms with van der Waals surface area (Å²) in [5, 5.41) is 11.8. The molecular weight excluding hydrogens is 248 g/mol. The van der Waals surface area contributed by atoms with Crippen LogP contribution in [0.2, 0.25) is 0 Å². The van der Waals surface area contributed by atoms with Crippen molar-refractivity contribution in [3.05, 3.63) is 0 Å². The van der Waals surface area contributed by atoms with Crippen LogP contribution in [0.4, 0.5) is 4.79 Å². The van der Waals surface area contributed by atoms with Gasteiger partial charge in [0.05, 0.1) is 11.5 Å². The topological polar surface area (TPSA) is 78.9 Å². The highest BCUT2D eigenvalue weighted by atomic mass is 16.5. The number of carboxylic acid groups (broad SMARTS) is 1. The van der Waals surface area contributed by atoms with Gasteiger partial charge in [-0.25, -0.2) is 4.79 Å². The molecule has 0 spiro atoms. The van der Waals surface area contributed by atoms with Crippen molar-refractivity contribution in [1.82, 2.24) is 10.2 Å². The number of hydrogen-bond donors (Lipinski definition) is 2. The summed E-state index contributed by atoms with van der Waals surface area (Å²) < 4.78 is 5.50. The highest BCUT2D eigenvalue weighted by molar-refractivity contribution is 5.76. The lowest BCUT2D eigenvalue weighted by molar-refractivity contribution is -0.143. The van der Waals surface area contributed by atoms with Crippen LogP contribution in [0.15, 0.2) is 0 Å². The summed E-state index contributed by atoms with van der Waals surface area (Å²) in [5.41, 5.74) is -0.410. The molecule has 1 saturated heterocycles. The monoisotopic (exact) mass is 272 g/mol. The third-order valence-electron chi connectivity index (χ3n) is 3.26. The molecule has 0 radical (unpaired) electrons. The first kappa shape index (κ1) is 15.8. The lowest BCUT2D eigenvalue weighted by Crippen LogP contribution is -2.50. The average molecular weight is 272 g/mol. The van der Waals surface area contributed by atoms with Crippen LogP contribution in [0.5, 0.6) is 0 Å². The number of carboxylic acids is 1. The fourth-order valence-electron chi connectivity index (χ4n) is 2.21. The molecule has 6 heteroatoms. The van der Waals surface area contributed by atoms with Gasteiger partial charge in [-0.1, -0.05) is 0 Å². The highest BCUT2D eigenvalue weighted by Crippen LogP contribution is 2.16. The smallest absolute Gasteiger partial charge is 0.317 e. The summed E-state index contributed by atoms with van der Waals surface area (Å²) in [4.78, 5) is 24.5. The van der Waals surface area contributed by atoms with Crippen LogP contribution in [0, 0.1) is 5.92 Å². The molecule has 0 aromatic carbocycles. The minimum absolute atomic E-state index is 0.210. The third-order valence-corrected chi connectivity index (χ3v) is 3.26. The number of nitrogens with zero attached hydrogens (tertiary/aromatic N) is 1. The lowest BCUT2D eigenvalue weighted by Gasteiger charge is -2.32. The van der Waals surface area contributed by atoms with Gasteiger partial charge in [0.25, 0.3) is 0 Å². The number of amides is 2. The zero-order valence-electron chi connectivity index (χ0n) is 11.9. The Balaban J connectivity index is 2.43.